The van der Waals surface area contributed by atoms with E-state index in [0.717, 1.165) is 6.07 Å². The Kier molecular flexibility index (Phi) is 5.78. The van der Waals surface area contributed by atoms with Gasteiger partial charge in [0.1, 0.15) is 18.2 Å². The van der Waals surface area contributed by atoms with Gasteiger partial charge in [-0.1, -0.05) is 5.16 Å². The van der Waals surface area contributed by atoms with Crippen LogP contribution in [0.4, 0.5) is 17.6 Å². The molecule has 0 bridgehead atoms. The van der Waals surface area contributed by atoms with Gasteiger partial charge >= 0.3 is 12.1 Å². The molecule has 158 valence electrons. The SMILES string of the molecule is CC1COc2cc(-c3noc(C(F)(F)F)n3)cc(F)c2CN1C(=O)CCN(C)C. The fourth-order valence-electron chi connectivity index (χ4n) is 2.90. The van der Waals surface area contributed by atoms with Crippen molar-refractivity contribution >= 4 is 5.91 Å². The summed E-state index contributed by atoms with van der Waals surface area (Å²) in [6, 6.07) is 2.05. The number of hydrogen-bond donors (Lipinski definition) is 0. The van der Waals surface area contributed by atoms with E-state index in [1.54, 1.807) is 6.92 Å². The zero-order chi connectivity index (χ0) is 21.3. The molecule has 1 aliphatic rings. The highest BCUT2D eigenvalue weighted by molar-refractivity contribution is 5.77. The van der Waals surface area contributed by atoms with Crippen LogP contribution in [0, 0.1) is 5.82 Å². The van der Waals surface area contributed by atoms with E-state index in [1.807, 2.05) is 19.0 Å². The summed E-state index contributed by atoms with van der Waals surface area (Å²) in [5, 5.41) is 3.27. The van der Waals surface area contributed by atoms with Gasteiger partial charge in [0.15, 0.2) is 0 Å². The molecule has 29 heavy (non-hydrogen) atoms. The number of carbonyl (C=O) groups excluding carboxylic acids is 1. The van der Waals surface area contributed by atoms with Gasteiger partial charge < -0.3 is 19.1 Å². The first kappa shape index (κ1) is 21.0. The second-order valence-corrected chi connectivity index (χ2v) is 7.09. The predicted molar refractivity (Wildman–Crippen MR) is 93.4 cm³/mol. The topological polar surface area (TPSA) is 71.7 Å². The molecule has 0 saturated heterocycles. The van der Waals surface area contributed by atoms with Crippen molar-refractivity contribution in [2.24, 2.45) is 0 Å². The normalized spacial score (nSPS) is 17.1. The standard InChI is InChI=1S/C18H20F4N4O3/c1-10-9-28-14-7-11(16-23-17(29-24-16)18(20,21)22)6-13(19)12(14)8-26(10)15(27)4-5-25(2)3/h6-7,10H,4-5,8-9H2,1-3H3. The molecule has 2 heterocycles. The lowest BCUT2D eigenvalue weighted by atomic mass is 10.1. The second kappa shape index (κ2) is 7.97. The first-order valence-electron chi connectivity index (χ1n) is 8.87. The Labute approximate surface area is 164 Å². The van der Waals surface area contributed by atoms with E-state index in [9.17, 15) is 22.4 Å². The molecule has 0 saturated carbocycles. The van der Waals surface area contributed by atoms with E-state index in [0.29, 0.717) is 6.54 Å². The van der Waals surface area contributed by atoms with Crippen LogP contribution in [0.1, 0.15) is 24.8 Å². The molecule has 1 aromatic carbocycles. The predicted octanol–water partition coefficient (Wildman–Crippen LogP) is 2.96. The highest BCUT2D eigenvalue weighted by Crippen LogP contribution is 2.34. The molecule has 0 aliphatic carbocycles. The van der Waals surface area contributed by atoms with Crippen molar-refractivity contribution in [3.05, 3.63) is 29.4 Å². The number of carbonyl (C=O) groups is 1. The molecule has 11 heteroatoms. The maximum atomic E-state index is 14.8. The number of fused-ring (bicyclic) bond motifs is 1. The number of ether oxygens (including phenoxy) is 1. The third-order valence-corrected chi connectivity index (χ3v) is 4.52. The minimum Gasteiger partial charge on any atom is -0.491 e. The van der Waals surface area contributed by atoms with E-state index in [1.165, 1.54) is 11.0 Å². The van der Waals surface area contributed by atoms with E-state index < -0.39 is 23.7 Å². The first-order chi connectivity index (χ1) is 13.6. The molecule has 0 radical (unpaired) electrons. The summed E-state index contributed by atoms with van der Waals surface area (Å²) in [5.41, 5.74) is 0.136. The molecule has 3 rings (SSSR count). The fraction of sp³-hybridized carbons (Fsp3) is 0.500. The molecule has 1 unspecified atom stereocenters. The van der Waals surface area contributed by atoms with Crippen LogP contribution in [0.5, 0.6) is 5.75 Å². The summed E-state index contributed by atoms with van der Waals surface area (Å²) in [6.45, 7) is 2.45. The molecular formula is C18H20F4N4O3. The average molecular weight is 416 g/mol. The van der Waals surface area contributed by atoms with Crippen molar-refractivity contribution in [1.82, 2.24) is 19.9 Å². The lowest BCUT2D eigenvalue weighted by molar-refractivity contribution is -0.159. The van der Waals surface area contributed by atoms with Gasteiger partial charge in [0, 0.05) is 24.1 Å². The quantitative estimate of drug-likeness (QED) is 0.714. The molecule has 0 fully saturated rings. The van der Waals surface area contributed by atoms with Gasteiger partial charge in [-0.3, -0.25) is 4.79 Å². The Balaban J connectivity index is 1.88. The maximum Gasteiger partial charge on any atom is 0.471 e. The first-order valence-corrected chi connectivity index (χ1v) is 8.87. The number of amides is 1. The molecule has 0 N–H and O–H groups in total. The monoisotopic (exact) mass is 416 g/mol. The van der Waals surface area contributed by atoms with Gasteiger partial charge in [-0.05, 0) is 33.2 Å². The smallest absolute Gasteiger partial charge is 0.471 e. The molecule has 1 amide bonds. The van der Waals surface area contributed by atoms with Gasteiger partial charge in [-0.2, -0.15) is 18.2 Å². The Bertz CT molecular complexity index is 898. The van der Waals surface area contributed by atoms with Crippen molar-refractivity contribution in [1.29, 1.82) is 0 Å². The molecule has 0 spiro atoms. The lowest BCUT2D eigenvalue weighted by Gasteiger charge is -2.27. The summed E-state index contributed by atoms with van der Waals surface area (Å²) >= 11 is 0. The van der Waals surface area contributed by atoms with Crippen LogP contribution in [-0.2, 0) is 17.5 Å². The number of aromatic nitrogens is 2. The fourth-order valence-corrected chi connectivity index (χ4v) is 2.90. The van der Waals surface area contributed by atoms with Gasteiger partial charge in [0.05, 0.1) is 12.6 Å². The van der Waals surface area contributed by atoms with E-state index in [4.69, 9.17) is 4.74 Å². The van der Waals surface area contributed by atoms with Crippen LogP contribution in [0.15, 0.2) is 16.7 Å². The summed E-state index contributed by atoms with van der Waals surface area (Å²) in [6.07, 6.45) is -4.52. The third-order valence-electron chi connectivity index (χ3n) is 4.52. The minimum atomic E-state index is -4.80. The molecule has 7 nitrogen and oxygen atoms in total. The van der Waals surface area contributed by atoms with Crippen molar-refractivity contribution in [3.63, 3.8) is 0 Å². The molecule has 1 atom stereocenters. The minimum absolute atomic E-state index is 0.00504. The molecule has 1 aromatic heterocycles. The molecule has 2 aromatic rings. The average Bonchev–Trinajstić information content (AvgIpc) is 3.07. The largest absolute Gasteiger partial charge is 0.491 e. The van der Waals surface area contributed by atoms with E-state index in [2.05, 4.69) is 14.7 Å². The maximum absolute atomic E-state index is 14.8. The van der Waals surface area contributed by atoms with Gasteiger partial charge in [-0.25, -0.2) is 4.39 Å². The third kappa shape index (κ3) is 4.66. The highest BCUT2D eigenvalue weighted by atomic mass is 19.4. The van der Waals surface area contributed by atoms with Crippen molar-refractivity contribution in [3.8, 4) is 17.1 Å². The Morgan fingerprint density at radius 3 is 2.69 bits per heavy atom. The molecule has 1 aliphatic heterocycles. The lowest BCUT2D eigenvalue weighted by Crippen LogP contribution is -2.40. The van der Waals surface area contributed by atoms with Gasteiger partial charge in [0.25, 0.3) is 0 Å². The summed E-state index contributed by atoms with van der Waals surface area (Å²) in [4.78, 5) is 19.2. The summed E-state index contributed by atoms with van der Waals surface area (Å²) in [7, 11) is 3.70. The zero-order valence-electron chi connectivity index (χ0n) is 16.1. The van der Waals surface area contributed by atoms with Crippen LogP contribution >= 0.6 is 0 Å². The summed E-state index contributed by atoms with van der Waals surface area (Å²) < 4.78 is 62.6. The van der Waals surface area contributed by atoms with Crippen molar-refractivity contribution < 1.29 is 31.6 Å². The summed E-state index contributed by atoms with van der Waals surface area (Å²) in [5.74, 6) is -2.66. The van der Waals surface area contributed by atoms with Crippen LogP contribution in [0.25, 0.3) is 11.4 Å². The highest BCUT2D eigenvalue weighted by Gasteiger charge is 2.38. The van der Waals surface area contributed by atoms with E-state index >= 15 is 0 Å². The zero-order valence-corrected chi connectivity index (χ0v) is 16.1. The van der Waals surface area contributed by atoms with Crippen LogP contribution in [-0.4, -0.2) is 59.1 Å². The van der Waals surface area contributed by atoms with Gasteiger partial charge in [-0.15, -0.1) is 0 Å². The number of nitrogens with zero attached hydrogens (tertiary/aromatic N) is 4. The second-order valence-electron chi connectivity index (χ2n) is 7.09. The van der Waals surface area contributed by atoms with Crippen LogP contribution < -0.4 is 4.74 Å². The Morgan fingerprint density at radius 1 is 1.34 bits per heavy atom. The van der Waals surface area contributed by atoms with E-state index in [-0.39, 0.29) is 48.4 Å². The van der Waals surface area contributed by atoms with Crippen molar-refractivity contribution in [2.75, 3.05) is 27.2 Å². The number of rotatable bonds is 4. The van der Waals surface area contributed by atoms with Crippen molar-refractivity contribution in [2.45, 2.75) is 32.1 Å². The van der Waals surface area contributed by atoms with Crippen LogP contribution in [0.2, 0.25) is 0 Å². The number of hydrogen-bond acceptors (Lipinski definition) is 6. The Morgan fingerprint density at radius 2 is 2.07 bits per heavy atom. The number of alkyl halides is 3. The number of halogens is 4. The molecular weight excluding hydrogens is 396 g/mol. The number of benzene rings is 1. The van der Waals surface area contributed by atoms with Crippen LogP contribution in [0.3, 0.4) is 0 Å². The Hall–Kier alpha value is -2.69. The van der Waals surface area contributed by atoms with Gasteiger partial charge in [0.2, 0.25) is 11.7 Å².